The molecule has 2 aromatic rings. The molecule has 5 heteroatoms. The van der Waals surface area contributed by atoms with Crippen molar-refractivity contribution in [2.45, 2.75) is 19.5 Å². The van der Waals surface area contributed by atoms with Crippen molar-refractivity contribution < 1.29 is 4.79 Å². The lowest BCUT2D eigenvalue weighted by molar-refractivity contribution is -0.120. The number of nitrogens with zero attached hydrogens (tertiary/aromatic N) is 2. The molecule has 0 fully saturated rings. The Morgan fingerprint density at radius 1 is 1.14 bits per heavy atom. The molecule has 0 unspecified atom stereocenters. The molecule has 1 heterocycles. The van der Waals surface area contributed by atoms with E-state index in [1.165, 1.54) is 5.56 Å². The molecule has 1 aromatic heterocycles. The smallest absolute Gasteiger partial charge is 0.238 e. The van der Waals surface area contributed by atoms with E-state index >= 15 is 0 Å². The lowest BCUT2D eigenvalue weighted by atomic mass is 10.1. The third-order valence-electron chi connectivity index (χ3n) is 3.16. The first-order valence-corrected chi connectivity index (χ1v) is 6.83. The van der Waals surface area contributed by atoms with Crippen molar-refractivity contribution in [3.05, 3.63) is 65.5 Å². The maximum atomic E-state index is 11.2. The fourth-order valence-corrected chi connectivity index (χ4v) is 2.13. The maximum absolute atomic E-state index is 11.2. The van der Waals surface area contributed by atoms with Crippen LogP contribution in [0.4, 0.5) is 0 Å². The van der Waals surface area contributed by atoms with E-state index in [0.29, 0.717) is 6.42 Å². The van der Waals surface area contributed by atoms with Gasteiger partial charge in [0.2, 0.25) is 5.91 Å². The fourth-order valence-electron chi connectivity index (χ4n) is 2.13. The lowest BCUT2D eigenvalue weighted by Gasteiger charge is -2.16. The van der Waals surface area contributed by atoms with Crippen LogP contribution in [-0.2, 0) is 24.3 Å². The van der Waals surface area contributed by atoms with Crippen LogP contribution in [0.3, 0.4) is 0 Å². The summed E-state index contributed by atoms with van der Waals surface area (Å²) in [6.45, 7) is 1.64. The zero-order valence-electron chi connectivity index (χ0n) is 12.1. The Kier molecular flexibility index (Phi) is 5.43. The summed E-state index contributed by atoms with van der Waals surface area (Å²) in [6.07, 6.45) is 2.11. The highest BCUT2D eigenvalue weighted by atomic mass is 16.2. The molecule has 0 aliphatic rings. The van der Waals surface area contributed by atoms with Crippen LogP contribution in [0.5, 0.6) is 0 Å². The van der Waals surface area contributed by atoms with Crippen LogP contribution < -0.4 is 11.3 Å². The van der Waals surface area contributed by atoms with Gasteiger partial charge in [-0.3, -0.25) is 20.1 Å². The van der Waals surface area contributed by atoms with Gasteiger partial charge < -0.3 is 0 Å². The average Bonchev–Trinajstić information content (AvgIpc) is 2.50. The number of hydrazine groups is 1. The van der Waals surface area contributed by atoms with Crippen molar-refractivity contribution in [2.75, 3.05) is 7.05 Å². The summed E-state index contributed by atoms with van der Waals surface area (Å²) in [6, 6.07) is 13.9. The molecule has 21 heavy (non-hydrogen) atoms. The maximum Gasteiger partial charge on any atom is 0.238 e. The van der Waals surface area contributed by atoms with E-state index in [4.69, 9.17) is 5.84 Å². The second-order valence-corrected chi connectivity index (χ2v) is 5.05. The summed E-state index contributed by atoms with van der Waals surface area (Å²) in [7, 11) is 2.06. The standard InChI is InChI=1S/C16H20N4O/c1-20(12-15-4-2-3-9-18-15)11-14-7-5-13(6-8-14)10-16(21)19-17/h2-9H,10-12,17H2,1H3,(H,19,21). The first-order chi connectivity index (χ1) is 10.2. The number of pyridine rings is 1. The van der Waals surface area contributed by atoms with Crippen LogP contribution in [0.25, 0.3) is 0 Å². The van der Waals surface area contributed by atoms with Gasteiger partial charge in [0.25, 0.3) is 0 Å². The SMILES string of the molecule is CN(Cc1ccc(CC(=O)NN)cc1)Cc1ccccn1. The topological polar surface area (TPSA) is 71.2 Å². The number of aromatic nitrogens is 1. The number of nitrogens with one attached hydrogen (secondary N) is 1. The second-order valence-electron chi connectivity index (χ2n) is 5.05. The molecule has 0 saturated heterocycles. The van der Waals surface area contributed by atoms with E-state index in [1.807, 2.05) is 42.5 Å². The number of carbonyl (C=O) groups is 1. The van der Waals surface area contributed by atoms with Crippen LogP contribution in [0.1, 0.15) is 16.8 Å². The van der Waals surface area contributed by atoms with Gasteiger partial charge in [0.15, 0.2) is 0 Å². The van der Waals surface area contributed by atoms with Crippen molar-refractivity contribution in [3.63, 3.8) is 0 Å². The van der Waals surface area contributed by atoms with Gasteiger partial charge in [-0.2, -0.15) is 0 Å². The normalized spacial score (nSPS) is 10.6. The van der Waals surface area contributed by atoms with E-state index in [9.17, 15) is 4.79 Å². The minimum Gasteiger partial charge on any atom is -0.296 e. The number of rotatable bonds is 6. The summed E-state index contributed by atoms with van der Waals surface area (Å²) in [5.74, 6) is 4.89. The second kappa shape index (κ2) is 7.52. The van der Waals surface area contributed by atoms with Crippen LogP contribution >= 0.6 is 0 Å². The quantitative estimate of drug-likeness (QED) is 0.476. The molecule has 1 aromatic carbocycles. The van der Waals surface area contributed by atoms with E-state index in [2.05, 4.69) is 22.4 Å². The first-order valence-electron chi connectivity index (χ1n) is 6.83. The van der Waals surface area contributed by atoms with E-state index < -0.39 is 0 Å². The van der Waals surface area contributed by atoms with Crippen LogP contribution in [0, 0.1) is 0 Å². The molecule has 110 valence electrons. The zero-order valence-corrected chi connectivity index (χ0v) is 12.1. The van der Waals surface area contributed by atoms with Gasteiger partial charge in [0, 0.05) is 19.3 Å². The van der Waals surface area contributed by atoms with Gasteiger partial charge in [-0.1, -0.05) is 30.3 Å². The molecule has 0 bridgehead atoms. The zero-order chi connectivity index (χ0) is 15.1. The monoisotopic (exact) mass is 284 g/mol. The molecule has 2 rings (SSSR count). The van der Waals surface area contributed by atoms with Crippen molar-refractivity contribution in [3.8, 4) is 0 Å². The molecular formula is C16H20N4O. The largest absolute Gasteiger partial charge is 0.296 e. The van der Waals surface area contributed by atoms with E-state index in [1.54, 1.807) is 6.20 Å². The highest BCUT2D eigenvalue weighted by Gasteiger charge is 2.04. The average molecular weight is 284 g/mol. The number of amides is 1. The summed E-state index contributed by atoms with van der Waals surface area (Å²) < 4.78 is 0. The molecule has 0 radical (unpaired) electrons. The number of hydrogen-bond donors (Lipinski definition) is 2. The summed E-state index contributed by atoms with van der Waals surface area (Å²) in [5, 5.41) is 0. The third-order valence-corrected chi connectivity index (χ3v) is 3.16. The minimum absolute atomic E-state index is 0.185. The molecule has 5 nitrogen and oxygen atoms in total. The number of benzene rings is 1. The summed E-state index contributed by atoms with van der Waals surface area (Å²) in [4.78, 5) is 17.7. The van der Waals surface area contributed by atoms with E-state index in [-0.39, 0.29) is 5.91 Å². The van der Waals surface area contributed by atoms with Gasteiger partial charge in [-0.25, -0.2) is 5.84 Å². The Hall–Kier alpha value is -2.24. The predicted molar refractivity (Wildman–Crippen MR) is 81.9 cm³/mol. The number of nitrogens with two attached hydrogens (primary N) is 1. The van der Waals surface area contributed by atoms with Crippen molar-refractivity contribution in [1.82, 2.24) is 15.3 Å². The predicted octanol–water partition coefficient (Wildman–Crippen LogP) is 1.25. The molecular weight excluding hydrogens is 264 g/mol. The van der Waals surface area contributed by atoms with Gasteiger partial charge in [0.1, 0.15) is 0 Å². The summed E-state index contributed by atoms with van der Waals surface area (Å²) >= 11 is 0. The lowest BCUT2D eigenvalue weighted by Crippen LogP contribution is -2.31. The number of hydrogen-bond acceptors (Lipinski definition) is 4. The Bertz CT molecular complexity index is 569. The molecule has 1 amide bonds. The molecule has 0 spiro atoms. The minimum atomic E-state index is -0.185. The Labute approximate surface area is 124 Å². The van der Waals surface area contributed by atoms with Crippen LogP contribution in [0.2, 0.25) is 0 Å². The Balaban J connectivity index is 1.89. The van der Waals surface area contributed by atoms with Crippen molar-refractivity contribution in [1.29, 1.82) is 0 Å². The summed E-state index contributed by atoms with van der Waals surface area (Å²) in [5.41, 5.74) is 5.34. The van der Waals surface area contributed by atoms with Crippen LogP contribution in [0.15, 0.2) is 48.7 Å². The Morgan fingerprint density at radius 3 is 2.48 bits per heavy atom. The van der Waals surface area contributed by atoms with Gasteiger partial charge in [-0.15, -0.1) is 0 Å². The van der Waals surface area contributed by atoms with Gasteiger partial charge in [-0.05, 0) is 30.3 Å². The first kappa shape index (κ1) is 15.2. The molecule has 0 aliphatic heterocycles. The third kappa shape index (κ3) is 4.98. The van der Waals surface area contributed by atoms with Crippen LogP contribution in [-0.4, -0.2) is 22.8 Å². The van der Waals surface area contributed by atoms with Crippen molar-refractivity contribution >= 4 is 5.91 Å². The Morgan fingerprint density at radius 2 is 1.86 bits per heavy atom. The van der Waals surface area contributed by atoms with Gasteiger partial charge >= 0.3 is 0 Å². The highest BCUT2D eigenvalue weighted by Crippen LogP contribution is 2.09. The fraction of sp³-hybridized carbons (Fsp3) is 0.250. The molecule has 3 N–H and O–H groups in total. The molecule has 0 saturated carbocycles. The highest BCUT2D eigenvalue weighted by molar-refractivity contribution is 5.77. The van der Waals surface area contributed by atoms with E-state index in [0.717, 1.165) is 24.3 Å². The number of carbonyl (C=O) groups excluding carboxylic acids is 1. The molecule has 0 atom stereocenters. The molecule has 0 aliphatic carbocycles. The van der Waals surface area contributed by atoms with Crippen molar-refractivity contribution in [2.24, 2.45) is 5.84 Å². The van der Waals surface area contributed by atoms with Gasteiger partial charge in [0.05, 0.1) is 12.1 Å².